The van der Waals surface area contributed by atoms with Gasteiger partial charge in [-0.3, -0.25) is 9.59 Å². The Labute approximate surface area is 248 Å². The summed E-state index contributed by atoms with van der Waals surface area (Å²) in [5, 5.41) is 3.33. The van der Waals surface area contributed by atoms with Crippen molar-refractivity contribution in [3.05, 3.63) is 77.9 Å². The molecule has 3 aromatic carbocycles. The summed E-state index contributed by atoms with van der Waals surface area (Å²) >= 11 is 2.41. The van der Waals surface area contributed by atoms with Crippen molar-refractivity contribution >= 4 is 56.2 Å². The molecular weight excluding hydrogens is 692 g/mol. The van der Waals surface area contributed by atoms with E-state index in [1.807, 2.05) is 44.2 Å². The summed E-state index contributed by atoms with van der Waals surface area (Å²) in [4.78, 5) is 24.4. The van der Waals surface area contributed by atoms with Gasteiger partial charge in [-0.2, -0.15) is 4.57 Å². The standard InChI is InChI=1S/C30H31INO4.HI/c1-3-35-28(33)19-21-11-13-24-25-14-12-22(20-29(34)36-4-2)18-27(25)32(16-8-15-31)30(26(24)17-21)23-9-6-5-7-10-23;/h5-7,9-14,17-18H,3-4,8,15-16,19-20H2,1-2H3;1H/q+1;/p-1. The van der Waals surface area contributed by atoms with Crippen molar-refractivity contribution in [1.29, 1.82) is 0 Å². The molecule has 0 unspecified atom stereocenters. The van der Waals surface area contributed by atoms with E-state index >= 15 is 0 Å². The van der Waals surface area contributed by atoms with Gasteiger partial charge in [-0.25, -0.2) is 0 Å². The molecule has 0 atom stereocenters. The van der Waals surface area contributed by atoms with E-state index in [1.165, 1.54) is 0 Å². The lowest BCUT2D eigenvalue weighted by Crippen LogP contribution is -3.00. The predicted molar refractivity (Wildman–Crippen MR) is 151 cm³/mol. The van der Waals surface area contributed by atoms with E-state index in [9.17, 15) is 9.59 Å². The molecule has 0 saturated carbocycles. The Balaban J connectivity index is 0.00000380. The SMILES string of the molecule is CCOC(=O)Cc1ccc2c(c1)c(-c1ccccc1)[n+](CCCI)c1cc(CC(=O)OCC)ccc21.[I-]. The lowest BCUT2D eigenvalue weighted by molar-refractivity contribution is -0.659. The van der Waals surface area contributed by atoms with Gasteiger partial charge in [0, 0.05) is 27.9 Å². The van der Waals surface area contributed by atoms with Crippen LogP contribution in [0.2, 0.25) is 0 Å². The van der Waals surface area contributed by atoms with Gasteiger partial charge in [0.15, 0.2) is 0 Å². The van der Waals surface area contributed by atoms with Gasteiger partial charge in [0.1, 0.15) is 6.54 Å². The molecule has 0 aliphatic heterocycles. The Morgan fingerprint density at radius 1 is 0.784 bits per heavy atom. The van der Waals surface area contributed by atoms with Crippen molar-refractivity contribution in [2.45, 2.75) is 39.7 Å². The summed E-state index contributed by atoms with van der Waals surface area (Å²) in [7, 11) is 0. The lowest BCUT2D eigenvalue weighted by Gasteiger charge is -2.14. The van der Waals surface area contributed by atoms with Crippen LogP contribution >= 0.6 is 22.6 Å². The zero-order valence-electron chi connectivity index (χ0n) is 21.1. The number of carbonyl (C=O) groups is 2. The topological polar surface area (TPSA) is 56.5 Å². The van der Waals surface area contributed by atoms with Crippen molar-refractivity contribution < 1.29 is 47.6 Å². The minimum absolute atomic E-state index is 0. The highest BCUT2D eigenvalue weighted by atomic mass is 127. The maximum Gasteiger partial charge on any atom is 0.310 e. The molecule has 0 bridgehead atoms. The third-order valence-electron chi connectivity index (χ3n) is 6.12. The molecule has 0 aliphatic rings. The van der Waals surface area contributed by atoms with Crippen molar-refractivity contribution in [2.24, 2.45) is 0 Å². The van der Waals surface area contributed by atoms with Crippen LogP contribution in [-0.2, 0) is 38.4 Å². The van der Waals surface area contributed by atoms with Crippen LogP contribution in [0.25, 0.3) is 32.9 Å². The van der Waals surface area contributed by atoms with Crippen LogP contribution in [0.3, 0.4) is 0 Å². The average Bonchev–Trinajstić information content (AvgIpc) is 2.87. The maximum absolute atomic E-state index is 12.2. The number of pyridine rings is 1. The number of rotatable bonds is 10. The summed E-state index contributed by atoms with van der Waals surface area (Å²) in [6, 6.07) is 22.8. The van der Waals surface area contributed by atoms with Crippen molar-refractivity contribution in [1.82, 2.24) is 0 Å². The van der Waals surface area contributed by atoms with E-state index in [0.717, 1.165) is 61.5 Å². The van der Waals surface area contributed by atoms with Crippen molar-refractivity contribution in [3.63, 3.8) is 0 Å². The van der Waals surface area contributed by atoms with Gasteiger partial charge in [-0.05, 0) is 49.2 Å². The minimum atomic E-state index is -0.222. The minimum Gasteiger partial charge on any atom is -1.00 e. The number of esters is 2. The largest absolute Gasteiger partial charge is 1.00 e. The maximum atomic E-state index is 12.2. The fourth-order valence-corrected chi connectivity index (χ4v) is 4.99. The second-order valence-electron chi connectivity index (χ2n) is 8.60. The van der Waals surface area contributed by atoms with E-state index in [-0.39, 0.29) is 48.8 Å². The molecule has 0 aliphatic carbocycles. The van der Waals surface area contributed by atoms with Gasteiger partial charge in [0.05, 0.1) is 36.8 Å². The number of aromatic nitrogens is 1. The summed E-state index contributed by atoms with van der Waals surface area (Å²) in [5.74, 6) is -0.441. The first-order valence-electron chi connectivity index (χ1n) is 12.4. The predicted octanol–water partition coefficient (Wildman–Crippen LogP) is 2.99. The monoisotopic (exact) mass is 723 g/mol. The highest BCUT2D eigenvalue weighted by molar-refractivity contribution is 14.1. The van der Waals surface area contributed by atoms with Gasteiger partial charge < -0.3 is 33.5 Å². The molecule has 4 aromatic rings. The van der Waals surface area contributed by atoms with Gasteiger partial charge in [-0.15, -0.1) is 0 Å². The van der Waals surface area contributed by atoms with E-state index in [4.69, 9.17) is 9.47 Å². The fourth-order valence-electron chi connectivity index (χ4n) is 4.65. The molecule has 4 rings (SSSR count). The number of hydrogen-bond donors (Lipinski definition) is 0. The Kier molecular flexibility index (Phi) is 11.1. The van der Waals surface area contributed by atoms with Crippen molar-refractivity contribution in [2.75, 3.05) is 17.6 Å². The number of fused-ring (bicyclic) bond motifs is 3. The molecule has 0 fully saturated rings. The molecule has 1 heterocycles. The highest BCUT2D eigenvalue weighted by Crippen LogP contribution is 2.33. The summed E-state index contributed by atoms with van der Waals surface area (Å²) in [5.41, 5.74) is 5.17. The molecule has 5 nitrogen and oxygen atoms in total. The molecule has 0 amide bonds. The number of ether oxygens (including phenoxy) is 2. The number of hydrogen-bond acceptors (Lipinski definition) is 4. The Morgan fingerprint density at radius 3 is 1.97 bits per heavy atom. The normalized spacial score (nSPS) is 10.8. The number of halogens is 2. The summed E-state index contributed by atoms with van der Waals surface area (Å²) < 4.78 is 13.8. The van der Waals surface area contributed by atoms with Crippen LogP contribution in [0.15, 0.2) is 66.7 Å². The molecule has 37 heavy (non-hydrogen) atoms. The Bertz CT molecular complexity index is 1390. The first-order chi connectivity index (χ1) is 17.5. The number of aryl methyl sites for hydroxylation is 1. The van der Waals surface area contributed by atoms with Crippen LogP contribution in [0, 0.1) is 0 Å². The molecule has 0 spiro atoms. The molecule has 194 valence electrons. The van der Waals surface area contributed by atoms with Crippen LogP contribution < -0.4 is 28.5 Å². The zero-order chi connectivity index (χ0) is 25.5. The average molecular weight is 723 g/mol. The third kappa shape index (κ3) is 6.98. The van der Waals surface area contributed by atoms with E-state index in [1.54, 1.807) is 0 Å². The molecule has 0 N–H and O–H groups in total. The van der Waals surface area contributed by atoms with Crippen LogP contribution in [0.5, 0.6) is 0 Å². The van der Waals surface area contributed by atoms with E-state index in [0.29, 0.717) is 13.2 Å². The van der Waals surface area contributed by atoms with Gasteiger partial charge >= 0.3 is 11.9 Å². The van der Waals surface area contributed by atoms with Crippen LogP contribution in [-0.4, -0.2) is 29.6 Å². The molecule has 1 aromatic heterocycles. The van der Waals surface area contributed by atoms with E-state index in [2.05, 4.69) is 63.6 Å². The Hall–Kier alpha value is -2.27. The summed E-state index contributed by atoms with van der Waals surface area (Å²) in [6.45, 7) is 5.23. The van der Waals surface area contributed by atoms with Crippen molar-refractivity contribution in [3.8, 4) is 11.3 Å². The first kappa shape index (κ1) is 29.3. The van der Waals surface area contributed by atoms with E-state index < -0.39 is 0 Å². The van der Waals surface area contributed by atoms with Gasteiger partial charge in [0.25, 0.3) is 0 Å². The second kappa shape index (κ2) is 14.0. The summed E-state index contributed by atoms with van der Waals surface area (Å²) in [6.07, 6.45) is 1.49. The second-order valence-corrected chi connectivity index (χ2v) is 9.68. The number of carbonyl (C=O) groups excluding carboxylic acids is 2. The number of alkyl halides is 1. The van der Waals surface area contributed by atoms with Crippen LogP contribution in [0.4, 0.5) is 0 Å². The lowest BCUT2D eigenvalue weighted by atomic mass is 9.95. The smallest absolute Gasteiger partial charge is 0.310 e. The molecular formula is C30H31I2NO4. The van der Waals surface area contributed by atoms with Gasteiger partial charge in [0.2, 0.25) is 11.2 Å². The first-order valence-corrected chi connectivity index (χ1v) is 13.9. The van der Waals surface area contributed by atoms with Crippen LogP contribution in [0.1, 0.15) is 31.4 Å². The third-order valence-corrected chi connectivity index (χ3v) is 6.89. The Morgan fingerprint density at radius 2 is 1.38 bits per heavy atom. The molecule has 7 heteroatoms. The van der Waals surface area contributed by atoms with Gasteiger partial charge in [-0.1, -0.05) is 59.0 Å². The molecule has 0 radical (unpaired) electrons. The molecule has 0 saturated heterocycles. The number of nitrogens with zero attached hydrogens (tertiary/aromatic N) is 1. The quantitative estimate of drug-likeness (QED) is 0.0832. The zero-order valence-corrected chi connectivity index (χ0v) is 25.5. The fraction of sp³-hybridized carbons (Fsp3) is 0.300. The number of benzene rings is 3. The highest BCUT2D eigenvalue weighted by Gasteiger charge is 2.24.